The molecule has 1 aromatic heterocycles. The van der Waals surface area contributed by atoms with Gasteiger partial charge in [-0.3, -0.25) is 4.79 Å². The molecule has 1 aromatic rings. The second-order valence-corrected chi connectivity index (χ2v) is 3.06. The minimum absolute atomic E-state index is 0.177. The van der Waals surface area contributed by atoms with Gasteiger partial charge >= 0.3 is 5.97 Å². The van der Waals surface area contributed by atoms with Crippen molar-refractivity contribution in [1.82, 2.24) is 9.78 Å². The molecular weight excluding hydrogens is 184 g/mol. The van der Waals surface area contributed by atoms with Crippen molar-refractivity contribution in [1.29, 1.82) is 0 Å². The monoisotopic (exact) mass is 198 g/mol. The van der Waals surface area contributed by atoms with E-state index in [2.05, 4.69) is 5.10 Å². The van der Waals surface area contributed by atoms with E-state index in [1.807, 2.05) is 0 Å². The summed E-state index contributed by atoms with van der Waals surface area (Å²) in [4.78, 5) is 10.2. The van der Waals surface area contributed by atoms with Crippen LogP contribution in [-0.2, 0) is 11.3 Å². The highest BCUT2D eigenvalue weighted by Gasteiger charge is 2.03. The van der Waals surface area contributed by atoms with Crippen LogP contribution >= 0.6 is 0 Å². The zero-order chi connectivity index (χ0) is 10.6. The van der Waals surface area contributed by atoms with E-state index in [0.29, 0.717) is 24.5 Å². The van der Waals surface area contributed by atoms with E-state index in [1.54, 1.807) is 4.68 Å². The van der Waals surface area contributed by atoms with Crippen LogP contribution in [0.3, 0.4) is 0 Å². The summed E-state index contributed by atoms with van der Waals surface area (Å²) in [7, 11) is 0. The van der Waals surface area contributed by atoms with Gasteiger partial charge in [-0.2, -0.15) is 5.10 Å². The number of anilines is 2. The summed E-state index contributed by atoms with van der Waals surface area (Å²) < 4.78 is 1.58. The molecule has 0 unspecified atom stereocenters. The van der Waals surface area contributed by atoms with Crippen LogP contribution in [0.25, 0.3) is 0 Å². The largest absolute Gasteiger partial charge is 0.481 e. The molecule has 5 N–H and O–H groups in total. The third-order valence-electron chi connectivity index (χ3n) is 1.92. The number of nitrogen functional groups attached to an aromatic ring is 2. The number of aromatic nitrogens is 2. The lowest BCUT2D eigenvalue weighted by Crippen LogP contribution is -2.06. The molecule has 0 bridgehead atoms. The van der Waals surface area contributed by atoms with E-state index in [0.717, 1.165) is 6.42 Å². The molecule has 0 aromatic carbocycles. The maximum absolute atomic E-state index is 10.2. The van der Waals surface area contributed by atoms with E-state index >= 15 is 0 Å². The van der Waals surface area contributed by atoms with E-state index in [4.69, 9.17) is 16.6 Å². The summed E-state index contributed by atoms with van der Waals surface area (Å²) in [6.07, 6.45) is 3.02. The van der Waals surface area contributed by atoms with Gasteiger partial charge in [0.25, 0.3) is 0 Å². The highest BCUT2D eigenvalue weighted by atomic mass is 16.4. The smallest absolute Gasteiger partial charge is 0.303 e. The Labute approximate surface area is 81.5 Å². The number of unbranched alkanes of at least 4 members (excludes halogenated alkanes) is 1. The number of hydrogen-bond donors (Lipinski definition) is 3. The Morgan fingerprint density at radius 1 is 1.50 bits per heavy atom. The molecule has 0 aliphatic carbocycles. The highest BCUT2D eigenvalue weighted by Crippen LogP contribution is 2.13. The summed E-state index contributed by atoms with van der Waals surface area (Å²) in [5.74, 6) is -0.335. The van der Waals surface area contributed by atoms with Gasteiger partial charge < -0.3 is 16.6 Å². The molecule has 1 rings (SSSR count). The molecule has 0 aliphatic heterocycles. The first-order chi connectivity index (χ1) is 6.61. The predicted molar refractivity (Wildman–Crippen MR) is 52.5 cm³/mol. The first kappa shape index (κ1) is 10.4. The summed E-state index contributed by atoms with van der Waals surface area (Å²) in [5.41, 5.74) is 11.6. The van der Waals surface area contributed by atoms with Crippen molar-refractivity contribution in [3.05, 3.63) is 6.20 Å². The molecule has 0 amide bonds. The van der Waals surface area contributed by atoms with Gasteiger partial charge in [-0.25, -0.2) is 4.68 Å². The number of carboxylic acid groups (broad SMARTS) is 1. The Hall–Kier alpha value is -1.72. The lowest BCUT2D eigenvalue weighted by atomic mass is 10.2. The molecule has 0 atom stereocenters. The Morgan fingerprint density at radius 2 is 2.21 bits per heavy atom. The van der Waals surface area contributed by atoms with E-state index in [-0.39, 0.29) is 6.42 Å². The van der Waals surface area contributed by atoms with Gasteiger partial charge in [-0.05, 0) is 12.8 Å². The van der Waals surface area contributed by atoms with Crippen molar-refractivity contribution < 1.29 is 9.90 Å². The topological polar surface area (TPSA) is 107 Å². The quantitative estimate of drug-likeness (QED) is 0.590. The van der Waals surface area contributed by atoms with Gasteiger partial charge in [0.05, 0.1) is 11.9 Å². The second-order valence-electron chi connectivity index (χ2n) is 3.06. The molecule has 0 radical (unpaired) electrons. The van der Waals surface area contributed by atoms with Crippen LogP contribution in [0.4, 0.5) is 11.5 Å². The molecule has 0 aliphatic rings. The maximum Gasteiger partial charge on any atom is 0.303 e. The zero-order valence-electron chi connectivity index (χ0n) is 7.81. The minimum atomic E-state index is -0.780. The third kappa shape index (κ3) is 2.65. The lowest BCUT2D eigenvalue weighted by molar-refractivity contribution is -0.137. The van der Waals surface area contributed by atoms with Crippen LogP contribution in [0.5, 0.6) is 0 Å². The molecular formula is C8H14N4O2. The standard InChI is InChI=1S/C8H14N4O2/c9-6-5-11-12(8(6)10)4-2-1-3-7(13)14/h5H,1-4,9-10H2,(H,13,14). The Kier molecular flexibility index (Phi) is 3.33. The number of aliphatic carboxylic acids is 1. The first-order valence-corrected chi connectivity index (χ1v) is 4.40. The average Bonchev–Trinajstić information content (AvgIpc) is 2.43. The van der Waals surface area contributed by atoms with Crippen LogP contribution < -0.4 is 11.5 Å². The van der Waals surface area contributed by atoms with Gasteiger partial charge in [0.15, 0.2) is 0 Å². The number of nitrogens with two attached hydrogens (primary N) is 2. The fourth-order valence-electron chi connectivity index (χ4n) is 1.13. The predicted octanol–water partition coefficient (Wildman–Crippen LogP) is 0.302. The fraction of sp³-hybridized carbons (Fsp3) is 0.500. The van der Waals surface area contributed by atoms with Crippen LogP contribution in [0.1, 0.15) is 19.3 Å². The number of rotatable bonds is 5. The van der Waals surface area contributed by atoms with Crippen LogP contribution in [0.2, 0.25) is 0 Å². The molecule has 14 heavy (non-hydrogen) atoms. The first-order valence-electron chi connectivity index (χ1n) is 4.40. The summed E-state index contributed by atoms with van der Waals surface area (Å²) in [6.45, 7) is 0.607. The minimum Gasteiger partial charge on any atom is -0.481 e. The van der Waals surface area contributed by atoms with Gasteiger partial charge in [0.2, 0.25) is 0 Å². The van der Waals surface area contributed by atoms with Crippen molar-refractivity contribution in [2.24, 2.45) is 0 Å². The SMILES string of the molecule is Nc1cnn(CCCCC(=O)O)c1N. The summed E-state index contributed by atoms with van der Waals surface area (Å²) >= 11 is 0. The Morgan fingerprint density at radius 3 is 2.71 bits per heavy atom. The highest BCUT2D eigenvalue weighted by molar-refractivity contribution is 5.66. The van der Waals surface area contributed by atoms with E-state index < -0.39 is 5.97 Å². The Bertz CT molecular complexity index is 321. The van der Waals surface area contributed by atoms with Crippen molar-refractivity contribution in [3.63, 3.8) is 0 Å². The fourth-order valence-corrected chi connectivity index (χ4v) is 1.13. The molecule has 0 saturated carbocycles. The van der Waals surface area contributed by atoms with Crippen molar-refractivity contribution >= 4 is 17.5 Å². The van der Waals surface area contributed by atoms with Gasteiger partial charge in [0.1, 0.15) is 5.82 Å². The maximum atomic E-state index is 10.2. The molecule has 6 nitrogen and oxygen atoms in total. The van der Waals surface area contributed by atoms with Crippen molar-refractivity contribution in [2.45, 2.75) is 25.8 Å². The molecule has 78 valence electrons. The van der Waals surface area contributed by atoms with Crippen molar-refractivity contribution in [3.8, 4) is 0 Å². The lowest BCUT2D eigenvalue weighted by Gasteiger charge is -2.02. The normalized spacial score (nSPS) is 10.3. The van der Waals surface area contributed by atoms with Crippen LogP contribution in [0, 0.1) is 0 Å². The molecule has 0 spiro atoms. The van der Waals surface area contributed by atoms with E-state index in [9.17, 15) is 4.79 Å². The number of nitrogens with zero attached hydrogens (tertiary/aromatic N) is 2. The van der Waals surface area contributed by atoms with Crippen LogP contribution in [0.15, 0.2) is 6.20 Å². The number of hydrogen-bond acceptors (Lipinski definition) is 4. The van der Waals surface area contributed by atoms with Crippen LogP contribution in [-0.4, -0.2) is 20.9 Å². The third-order valence-corrected chi connectivity index (χ3v) is 1.92. The Balaban J connectivity index is 2.31. The molecule has 6 heteroatoms. The zero-order valence-corrected chi connectivity index (χ0v) is 7.81. The molecule has 1 heterocycles. The van der Waals surface area contributed by atoms with Gasteiger partial charge in [0, 0.05) is 13.0 Å². The molecule has 0 saturated heterocycles. The van der Waals surface area contributed by atoms with Gasteiger partial charge in [-0.1, -0.05) is 0 Å². The van der Waals surface area contributed by atoms with Gasteiger partial charge in [-0.15, -0.1) is 0 Å². The van der Waals surface area contributed by atoms with E-state index in [1.165, 1.54) is 6.20 Å². The average molecular weight is 198 g/mol. The number of carboxylic acids is 1. The number of carbonyl (C=O) groups is 1. The summed E-state index contributed by atoms with van der Waals surface area (Å²) in [5, 5.41) is 12.4. The molecule has 0 fully saturated rings. The van der Waals surface area contributed by atoms with Crippen molar-refractivity contribution in [2.75, 3.05) is 11.5 Å². The second kappa shape index (κ2) is 4.50. The number of aryl methyl sites for hydroxylation is 1. The summed E-state index contributed by atoms with van der Waals surface area (Å²) in [6, 6.07) is 0.